The van der Waals surface area contributed by atoms with E-state index in [0.29, 0.717) is 5.56 Å². The number of hydrogen-bond acceptors (Lipinski definition) is 6. The molecule has 148 valence electrons. The molecule has 0 aliphatic carbocycles. The van der Waals surface area contributed by atoms with Crippen LogP contribution in [-0.2, 0) is 10.2 Å². The summed E-state index contributed by atoms with van der Waals surface area (Å²) in [5.74, 6) is -0.481. The Morgan fingerprint density at radius 1 is 1.33 bits per heavy atom. The highest BCUT2D eigenvalue weighted by Gasteiger charge is 2.62. The third kappa shape index (κ3) is 4.24. The summed E-state index contributed by atoms with van der Waals surface area (Å²) in [5, 5.41) is 3.66. The van der Waals surface area contributed by atoms with E-state index in [1.54, 1.807) is 12.1 Å². The van der Waals surface area contributed by atoms with E-state index in [-0.39, 0.29) is 31.9 Å². The number of ether oxygens (including phenoxy) is 1. The van der Waals surface area contributed by atoms with Crippen LogP contribution < -0.4 is 0 Å². The van der Waals surface area contributed by atoms with E-state index in [4.69, 9.17) is 9.26 Å². The maximum Gasteiger partial charge on any atom is 0.404 e. The average molecular weight is 392 g/mol. The number of halogens is 5. The first-order valence-electron chi connectivity index (χ1n) is 8.21. The molecule has 3 heterocycles. The number of pyridine rings is 1. The van der Waals surface area contributed by atoms with Gasteiger partial charge in [-0.2, -0.15) is 18.2 Å². The van der Waals surface area contributed by atoms with Crippen LogP contribution in [0.25, 0.3) is 11.4 Å². The average Bonchev–Trinajstić information content (AvgIpc) is 3.27. The lowest BCUT2D eigenvalue weighted by Gasteiger charge is -2.28. The molecule has 0 spiro atoms. The molecular formula is C16H17F5N4O2. The van der Waals surface area contributed by atoms with Crippen molar-refractivity contribution in [1.29, 1.82) is 0 Å². The van der Waals surface area contributed by atoms with Gasteiger partial charge in [-0.05, 0) is 25.1 Å². The maximum atomic E-state index is 13.9. The predicted octanol–water partition coefficient (Wildman–Crippen LogP) is 2.92. The highest BCUT2D eigenvalue weighted by atomic mass is 19.4. The van der Waals surface area contributed by atoms with Crippen LogP contribution in [0.2, 0.25) is 0 Å². The van der Waals surface area contributed by atoms with Gasteiger partial charge in [0.15, 0.2) is 5.41 Å². The van der Waals surface area contributed by atoms with Gasteiger partial charge in [0, 0.05) is 31.0 Å². The second-order valence-electron chi connectivity index (χ2n) is 6.24. The third-order valence-electron chi connectivity index (χ3n) is 4.44. The summed E-state index contributed by atoms with van der Waals surface area (Å²) in [6, 6.07) is 3.23. The smallest absolute Gasteiger partial charge is 0.374 e. The Morgan fingerprint density at radius 2 is 2.15 bits per heavy atom. The van der Waals surface area contributed by atoms with Crippen molar-refractivity contribution in [3.05, 3.63) is 30.4 Å². The van der Waals surface area contributed by atoms with Crippen LogP contribution in [0.15, 0.2) is 29.0 Å². The monoisotopic (exact) mass is 392 g/mol. The van der Waals surface area contributed by atoms with Crippen molar-refractivity contribution in [2.24, 2.45) is 0 Å². The van der Waals surface area contributed by atoms with Crippen LogP contribution in [0.1, 0.15) is 12.3 Å². The van der Waals surface area contributed by atoms with Gasteiger partial charge in [-0.25, -0.2) is 8.78 Å². The maximum absolute atomic E-state index is 13.9. The fraction of sp³-hybridized carbons (Fsp3) is 0.562. The molecule has 0 bridgehead atoms. The largest absolute Gasteiger partial charge is 0.404 e. The van der Waals surface area contributed by atoms with E-state index in [1.807, 2.05) is 0 Å². The van der Waals surface area contributed by atoms with Crippen molar-refractivity contribution in [3.63, 3.8) is 0 Å². The summed E-state index contributed by atoms with van der Waals surface area (Å²) < 4.78 is 75.5. The molecule has 0 aromatic carbocycles. The number of hydrogen-bond donors (Lipinski definition) is 0. The minimum Gasteiger partial charge on any atom is -0.374 e. The fourth-order valence-electron chi connectivity index (χ4n) is 3.00. The Morgan fingerprint density at radius 3 is 2.81 bits per heavy atom. The molecule has 0 radical (unpaired) electrons. The molecule has 1 aliphatic rings. The zero-order chi connectivity index (χ0) is 19.5. The quantitative estimate of drug-likeness (QED) is 0.533. The molecule has 1 unspecified atom stereocenters. The van der Waals surface area contributed by atoms with Gasteiger partial charge >= 0.3 is 6.18 Å². The van der Waals surface area contributed by atoms with Gasteiger partial charge < -0.3 is 9.26 Å². The first-order valence-corrected chi connectivity index (χ1v) is 8.21. The lowest BCUT2D eigenvalue weighted by atomic mass is 9.86. The Kier molecular flexibility index (Phi) is 5.70. The van der Waals surface area contributed by atoms with Gasteiger partial charge in [0.05, 0.1) is 6.61 Å². The second-order valence-corrected chi connectivity index (χ2v) is 6.24. The molecule has 27 heavy (non-hydrogen) atoms. The number of aromatic nitrogens is 3. The minimum absolute atomic E-state index is 0.0282. The van der Waals surface area contributed by atoms with Crippen LogP contribution >= 0.6 is 0 Å². The summed E-state index contributed by atoms with van der Waals surface area (Å²) in [7, 11) is 0. The first-order chi connectivity index (χ1) is 12.8. The molecule has 0 amide bonds. The summed E-state index contributed by atoms with van der Waals surface area (Å²) >= 11 is 0. The van der Waals surface area contributed by atoms with Crippen LogP contribution in [-0.4, -0.2) is 65.5 Å². The molecule has 1 atom stereocenters. The van der Waals surface area contributed by atoms with E-state index in [1.165, 1.54) is 17.3 Å². The molecule has 2 aromatic rings. The van der Waals surface area contributed by atoms with Crippen molar-refractivity contribution in [2.45, 2.75) is 24.4 Å². The van der Waals surface area contributed by atoms with Gasteiger partial charge in [-0.3, -0.25) is 9.88 Å². The lowest BCUT2D eigenvalue weighted by Crippen LogP contribution is -2.45. The van der Waals surface area contributed by atoms with E-state index < -0.39 is 37.1 Å². The van der Waals surface area contributed by atoms with Crippen molar-refractivity contribution >= 4 is 0 Å². The van der Waals surface area contributed by atoms with Gasteiger partial charge in [0.25, 0.3) is 6.43 Å². The SMILES string of the molecule is FC(F)COCCN1CCC(c2nc(-c3cccnc3)no2)(C(F)(F)F)C1. The molecule has 11 heteroatoms. The van der Waals surface area contributed by atoms with Gasteiger partial charge in [-0.1, -0.05) is 5.16 Å². The summed E-state index contributed by atoms with van der Waals surface area (Å²) in [6.45, 7) is -1.00. The molecule has 3 rings (SSSR count). The van der Waals surface area contributed by atoms with Gasteiger partial charge in [-0.15, -0.1) is 0 Å². The molecule has 1 fully saturated rings. The third-order valence-corrected chi connectivity index (χ3v) is 4.44. The first kappa shape index (κ1) is 19.6. The van der Waals surface area contributed by atoms with Crippen molar-refractivity contribution in [3.8, 4) is 11.4 Å². The second kappa shape index (κ2) is 7.85. The number of alkyl halides is 5. The molecular weight excluding hydrogens is 375 g/mol. The summed E-state index contributed by atoms with van der Waals surface area (Å²) in [5.41, 5.74) is -1.86. The number of rotatable bonds is 7. The zero-order valence-electron chi connectivity index (χ0n) is 14.1. The Bertz CT molecular complexity index is 740. The number of likely N-dealkylation sites (tertiary alicyclic amines) is 1. The fourth-order valence-corrected chi connectivity index (χ4v) is 3.00. The van der Waals surface area contributed by atoms with Crippen molar-refractivity contribution in [1.82, 2.24) is 20.0 Å². The molecule has 1 saturated heterocycles. The van der Waals surface area contributed by atoms with E-state index >= 15 is 0 Å². The molecule has 0 N–H and O–H groups in total. The van der Waals surface area contributed by atoms with Crippen LogP contribution in [0.3, 0.4) is 0 Å². The predicted molar refractivity (Wildman–Crippen MR) is 83.1 cm³/mol. The normalized spacial score (nSPS) is 21.3. The molecule has 1 aliphatic heterocycles. The Labute approximate surface area is 151 Å². The molecule has 0 saturated carbocycles. The van der Waals surface area contributed by atoms with Crippen LogP contribution in [0, 0.1) is 0 Å². The number of nitrogens with zero attached hydrogens (tertiary/aromatic N) is 4. The standard InChI is InChI=1S/C16H17F5N4O2/c17-12(18)9-26-7-6-25-5-3-15(10-25,16(19,20)21)14-23-13(24-27-14)11-2-1-4-22-8-11/h1-2,4,8,12H,3,5-7,9-10H2. The van der Waals surface area contributed by atoms with Crippen LogP contribution in [0.5, 0.6) is 0 Å². The minimum atomic E-state index is -4.61. The van der Waals surface area contributed by atoms with Gasteiger partial charge in [0.2, 0.25) is 11.7 Å². The molecule has 6 nitrogen and oxygen atoms in total. The summed E-state index contributed by atoms with van der Waals surface area (Å²) in [4.78, 5) is 9.33. The Balaban J connectivity index is 1.75. The van der Waals surface area contributed by atoms with E-state index in [9.17, 15) is 22.0 Å². The van der Waals surface area contributed by atoms with E-state index in [2.05, 4.69) is 15.1 Å². The Hall–Kier alpha value is -2.14. The highest BCUT2D eigenvalue weighted by molar-refractivity contribution is 5.52. The zero-order valence-corrected chi connectivity index (χ0v) is 14.1. The topological polar surface area (TPSA) is 64.3 Å². The van der Waals surface area contributed by atoms with Crippen LogP contribution in [0.4, 0.5) is 22.0 Å². The van der Waals surface area contributed by atoms with Gasteiger partial charge in [0.1, 0.15) is 6.61 Å². The molecule has 2 aromatic heterocycles. The van der Waals surface area contributed by atoms with E-state index in [0.717, 1.165) is 0 Å². The summed E-state index contributed by atoms with van der Waals surface area (Å²) in [6.07, 6.45) is -4.53. The lowest BCUT2D eigenvalue weighted by molar-refractivity contribution is -0.193. The highest BCUT2D eigenvalue weighted by Crippen LogP contribution is 2.47. The van der Waals surface area contributed by atoms with Crippen molar-refractivity contribution in [2.75, 3.05) is 32.8 Å². The van der Waals surface area contributed by atoms with Crippen molar-refractivity contribution < 1.29 is 31.2 Å².